The summed E-state index contributed by atoms with van der Waals surface area (Å²) >= 11 is 0. The molecular weight excluding hydrogens is 153 g/mol. The van der Waals surface area contributed by atoms with Gasteiger partial charge in [0.1, 0.15) is 13.0 Å². The van der Waals surface area contributed by atoms with E-state index in [4.69, 9.17) is 0 Å². The fourth-order valence-corrected chi connectivity index (χ4v) is 0.919. The lowest BCUT2D eigenvalue weighted by atomic mass is 9.73. The zero-order valence-electron chi connectivity index (χ0n) is 6.65. The van der Waals surface area contributed by atoms with Gasteiger partial charge >= 0.3 is 0 Å². The van der Waals surface area contributed by atoms with Gasteiger partial charge in [0.2, 0.25) is 0 Å². The lowest BCUT2D eigenvalue weighted by Gasteiger charge is -1.97. The van der Waals surface area contributed by atoms with Gasteiger partial charge < -0.3 is 0 Å². The Morgan fingerprint density at radius 3 is 2.75 bits per heavy atom. The van der Waals surface area contributed by atoms with E-state index in [-0.39, 0.29) is 5.69 Å². The standard InChI is InChI=1S/C8H7BNO2/c1-9-7-3-2-6(5-11)8(4-7)10-12/h2-5H,1H3. The van der Waals surface area contributed by atoms with Gasteiger partial charge in [0.05, 0.1) is 0 Å². The molecule has 0 aromatic heterocycles. The molecule has 1 radical (unpaired) electrons. The minimum Gasteiger partial charge on any atom is -0.298 e. The van der Waals surface area contributed by atoms with Crippen molar-refractivity contribution in [3.8, 4) is 0 Å². The van der Waals surface area contributed by atoms with Crippen LogP contribution in [0.25, 0.3) is 0 Å². The molecule has 0 aliphatic heterocycles. The Balaban J connectivity index is 3.18. The maximum Gasteiger partial charge on any atom is 0.152 e. The van der Waals surface area contributed by atoms with Gasteiger partial charge in [-0.1, -0.05) is 18.4 Å². The summed E-state index contributed by atoms with van der Waals surface area (Å²) in [7, 11) is 1.84. The Bertz CT molecular complexity index is 312. The Kier molecular flexibility index (Phi) is 2.74. The predicted molar refractivity (Wildman–Crippen MR) is 48.5 cm³/mol. The number of rotatable bonds is 3. The zero-order chi connectivity index (χ0) is 8.97. The van der Waals surface area contributed by atoms with Crippen molar-refractivity contribution >= 4 is 24.7 Å². The number of aldehydes is 1. The monoisotopic (exact) mass is 160 g/mol. The Hall–Kier alpha value is -1.45. The lowest BCUT2D eigenvalue weighted by molar-refractivity contribution is 0.112. The highest BCUT2D eigenvalue weighted by molar-refractivity contribution is 6.52. The molecule has 0 N–H and O–H groups in total. The molecular formula is C8H7BNO2. The highest BCUT2D eigenvalue weighted by atomic mass is 16.3. The smallest absolute Gasteiger partial charge is 0.152 e. The van der Waals surface area contributed by atoms with Crippen LogP contribution in [-0.2, 0) is 0 Å². The number of benzene rings is 1. The van der Waals surface area contributed by atoms with E-state index < -0.39 is 0 Å². The molecule has 1 aromatic carbocycles. The molecule has 0 aliphatic carbocycles. The predicted octanol–water partition coefficient (Wildman–Crippen LogP) is 1.27. The minimum absolute atomic E-state index is 0.195. The van der Waals surface area contributed by atoms with Gasteiger partial charge in [-0.2, -0.15) is 0 Å². The van der Waals surface area contributed by atoms with Crippen molar-refractivity contribution in [1.82, 2.24) is 0 Å². The quantitative estimate of drug-likeness (QED) is 0.379. The normalized spacial score (nSPS) is 9.08. The van der Waals surface area contributed by atoms with E-state index in [2.05, 4.69) is 5.18 Å². The van der Waals surface area contributed by atoms with E-state index in [1.54, 1.807) is 18.2 Å². The molecule has 1 aromatic rings. The number of carbonyl (C=O) groups excluding carboxylic acids is 1. The van der Waals surface area contributed by atoms with Gasteiger partial charge in [0.25, 0.3) is 0 Å². The summed E-state index contributed by atoms with van der Waals surface area (Å²) in [6.07, 6.45) is 0.621. The average molecular weight is 160 g/mol. The highest BCUT2D eigenvalue weighted by Gasteiger charge is 2.01. The fraction of sp³-hybridized carbons (Fsp3) is 0.125. The third-order valence-corrected chi connectivity index (χ3v) is 1.61. The molecule has 0 fully saturated rings. The van der Waals surface area contributed by atoms with Gasteiger partial charge in [-0.3, -0.25) is 4.79 Å². The molecule has 0 unspecified atom stereocenters. The summed E-state index contributed by atoms with van der Waals surface area (Å²) in [5.74, 6) is 0. The first-order valence-corrected chi connectivity index (χ1v) is 3.53. The summed E-state index contributed by atoms with van der Waals surface area (Å²) in [6, 6.07) is 4.92. The molecule has 0 heterocycles. The summed E-state index contributed by atoms with van der Waals surface area (Å²) in [4.78, 5) is 20.6. The molecule has 0 aliphatic rings. The molecule has 0 bridgehead atoms. The Morgan fingerprint density at radius 1 is 1.50 bits per heavy atom. The van der Waals surface area contributed by atoms with Gasteiger partial charge in [-0.15, -0.1) is 4.91 Å². The van der Waals surface area contributed by atoms with Crippen molar-refractivity contribution in [2.45, 2.75) is 6.82 Å². The molecule has 0 saturated carbocycles. The number of nitroso groups, excluding NO2 is 1. The van der Waals surface area contributed by atoms with Gasteiger partial charge in [-0.05, 0) is 17.3 Å². The van der Waals surface area contributed by atoms with E-state index in [9.17, 15) is 9.70 Å². The third kappa shape index (κ3) is 1.58. The molecule has 1 rings (SSSR count). The first-order chi connectivity index (χ1) is 5.81. The Labute approximate surface area is 71.0 Å². The number of hydrogen-bond donors (Lipinski definition) is 0. The molecule has 0 saturated heterocycles. The molecule has 59 valence electrons. The number of hydrogen-bond acceptors (Lipinski definition) is 3. The van der Waals surface area contributed by atoms with Crippen LogP contribution in [0.15, 0.2) is 23.4 Å². The second kappa shape index (κ2) is 3.81. The minimum atomic E-state index is 0.195. The first-order valence-electron chi connectivity index (χ1n) is 3.53. The average Bonchev–Trinajstić information content (AvgIpc) is 2.16. The van der Waals surface area contributed by atoms with Crippen molar-refractivity contribution in [2.24, 2.45) is 5.18 Å². The fourth-order valence-electron chi connectivity index (χ4n) is 0.919. The summed E-state index contributed by atoms with van der Waals surface area (Å²) in [5.41, 5.74) is 1.41. The van der Waals surface area contributed by atoms with E-state index in [1.807, 2.05) is 14.1 Å². The largest absolute Gasteiger partial charge is 0.298 e. The van der Waals surface area contributed by atoms with Crippen LogP contribution in [0.2, 0.25) is 6.82 Å². The van der Waals surface area contributed by atoms with Crippen LogP contribution in [0.3, 0.4) is 0 Å². The molecule has 3 nitrogen and oxygen atoms in total. The van der Waals surface area contributed by atoms with Crippen molar-refractivity contribution < 1.29 is 4.79 Å². The summed E-state index contributed by atoms with van der Waals surface area (Å²) in [6.45, 7) is 1.85. The van der Waals surface area contributed by atoms with Crippen LogP contribution in [0.4, 0.5) is 5.69 Å². The summed E-state index contributed by atoms with van der Waals surface area (Å²) < 4.78 is 0. The van der Waals surface area contributed by atoms with E-state index >= 15 is 0 Å². The highest BCUT2D eigenvalue weighted by Crippen LogP contribution is 2.14. The van der Waals surface area contributed by atoms with Crippen LogP contribution < -0.4 is 5.46 Å². The van der Waals surface area contributed by atoms with Crippen LogP contribution in [0.5, 0.6) is 0 Å². The van der Waals surface area contributed by atoms with Gasteiger partial charge in [0, 0.05) is 5.56 Å². The molecule has 4 heteroatoms. The van der Waals surface area contributed by atoms with E-state index in [0.717, 1.165) is 5.46 Å². The Morgan fingerprint density at radius 2 is 2.25 bits per heavy atom. The molecule has 0 amide bonds. The molecule has 0 atom stereocenters. The molecule has 0 spiro atoms. The van der Waals surface area contributed by atoms with Crippen molar-refractivity contribution in [3.05, 3.63) is 28.7 Å². The number of nitrogens with zero attached hydrogens (tertiary/aromatic N) is 1. The van der Waals surface area contributed by atoms with E-state index in [0.29, 0.717) is 11.8 Å². The maximum atomic E-state index is 10.4. The molecule has 12 heavy (non-hydrogen) atoms. The van der Waals surface area contributed by atoms with Crippen LogP contribution >= 0.6 is 0 Å². The van der Waals surface area contributed by atoms with Gasteiger partial charge in [-0.25, -0.2) is 0 Å². The maximum absolute atomic E-state index is 10.4. The van der Waals surface area contributed by atoms with Crippen LogP contribution in [0.1, 0.15) is 10.4 Å². The van der Waals surface area contributed by atoms with Crippen LogP contribution in [0, 0.1) is 4.91 Å². The topological polar surface area (TPSA) is 46.5 Å². The second-order valence-corrected chi connectivity index (χ2v) is 2.32. The first kappa shape index (κ1) is 8.65. The third-order valence-electron chi connectivity index (χ3n) is 1.61. The second-order valence-electron chi connectivity index (χ2n) is 2.32. The lowest BCUT2D eigenvalue weighted by Crippen LogP contribution is -2.09. The van der Waals surface area contributed by atoms with Crippen molar-refractivity contribution in [3.63, 3.8) is 0 Å². The van der Waals surface area contributed by atoms with E-state index in [1.165, 1.54) is 0 Å². The van der Waals surface area contributed by atoms with Crippen molar-refractivity contribution in [1.29, 1.82) is 0 Å². The number of carbonyl (C=O) groups is 1. The SMILES string of the molecule is C[B]c1ccc(C=O)c(N=O)c1. The van der Waals surface area contributed by atoms with Gasteiger partial charge in [0.15, 0.2) is 6.29 Å². The summed E-state index contributed by atoms with van der Waals surface area (Å²) in [5, 5.41) is 2.75. The van der Waals surface area contributed by atoms with Crippen molar-refractivity contribution in [2.75, 3.05) is 0 Å². The van der Waals surface area contributed by atoms with Crippen LogP contribution in [-0.4, -0.2) is 13.6 Å². The zero-order valence-corrected chi connectivity index (χ0v) is 6.65.